The fraction of sp³-hybridized carbons (Fsp3) is 0.286. The molecule has 0 N–H and O–H groups in total. The van der Waals surface area contributed by atoms with E-state index in [1.54, 1.807) is 0 Å². The van der Waals surface area contributed by atoms with Gasteiger partial charge in [-0.3, -0.25) is 4.98 Å². The lowest BCUT2D eigenvalue weighted by Crippen LogP contribution is -2.28. The van der Waals surface area contributed by atoms with Gasteiger partial charge in [0.25, 0.3) is 10.1 Å². The van der Waals surface area contributed by atoms with E-state index in [1.807, 2.05) is 0 Å². The third-order valence-electron chi connectivity index (χ3n) is 1.54. The SMILES string of the molecule is O=S(=O)(Cc1cccnc1)OS(=O)(=O)C(F)(F)F. The van der Waals surface area contributed by atoms with Crippen LogP contribution in [-0.2, 0) is 29.6 Å². The van der Waals surface area contributed by atoms with E-state index in [-0.39, 0.29) is 5.56 Å². The number of halogens is 3. The summed E-state index contributed by atoms with van der Waals surface area (Å²) in [6.07, 6.45) is 2.37. The molecule has 0 radical (unpaired) electrons. The highest BCUT2D eigenvalue weighted by Crippen LogP contribution is 2.26. The average Bonchev–Trinajstić information content (AvgIpc) is 2.14. The lowest BCUT2D eigenvalue weighted by Gasteiger charge is -2.08. The molecule has 0 unspecified atom stereocenters. The third kappa shape index (κ3) is 3.92. The van der Waals surface area contributed by atoms with Crippen LogP contribution in [0.3, 0.4) is 0 Å². The third-order valence-corrected chi connectivity index (χ3v) is 4.34. The summed E-state index contributed by atoms with van der Waals surface area (Å²) in [7, 11) is -11.1. The molecule has 0 saturated carbocycles. The molecule has 0 aliphatic carbocycles. The molecule has 1 aromatic heterocycles. The smallest absolute Gasteiger partial charge is 0.264 e. The Bertz CT molecular complexity index is 608. The summed E-state index contributed by atoms with van der Waals surface area (Å²) in [4.78, 5) is 3.52. The van der Waals surface area contributed by atoms with Crippen LogP contribution in [0, 0.1) is 0 Å². The minimum Gasteiger partial charge on any atom is -0.264 e. The molecule has 6 nitrogen and oxygen atoms in total. The van der Waals surface area contributed by atoms with Crippen LogP contribution >= 0.6 is 0 Å². The molecule has 11 heteroatoms. The highest BCUT2D eigenvalue weighted by molar-refractivity contribution is 7.99. The van der Waals surface area contributed by atoms with Gasteiger partial charge in [-0.25, -0.2) is 0 Å². The van der Waals surface area contributed by atoms with Crippen LogP contribution < -0.4 is 0 Å². The maximum atomic E-state index is 11.9. The van der Waals surface area contributed by atoms with Crippen molar-refractivity contribution in [3.05, 3.63) is 30.1 Å². The lowest BCUT2D eigenvalue weighted by molar-refractivity contribution is -0.0498. The minimum absolute atomic E-state index is 0.00475. The molecular formula is C7H6F3NO5S2. The minimum atomic E-state index is -6.18. The van der Waals surface area contributed by atoms with Gasteiger partial charge in [0.1, 0.15) is 5.75 Å². The average molecular weight is 305 g/mol. The molecule has 18 heavy (non-hydrogen) atoms. The van der Waals surface area contributed by atoms with Crippen molar-refractivity contribution in [1.29, 1.82) is 0 Å². The Morgan fingerprint density at radius 2 is 1.83 bits per heavy atom. The summed E-state index contributed by atoms with van der Waals surface area (Å²) in [5.74, 6) is -1.03. The molecule has 1 heterocycles. The van der Waals surface area contributed by atoms with Gasteiger partial charge < -0.3 is 0 Å². The molecule has 0 bridgehead atoms. The van der Waals surface area contributed by atoms with Crippen molar-refractivity contribution in [2.45, 2.75) is 11.3 Å². The Kier molecular flexibility index (Phi) is 3.98. The number of alkyl halides is 3. The summed E-state index contributed by atoms with van der Waals surface area (Å²) in [6, 6.07) is 2.58. The van der Waals surface area contributed by atoms with Crippen molar-refractivity contribution in [2.75, 3.05) is 0 Å². The van der Waals surface area contributed by atoms with E-state index >= 15 is 0 Å². The fourth-order valence-electron chi connectivity index (χ4n) is 0.887. The number of rotatable bonds is 4. The Morgan fingerprint density at radius 1 is 1.22 bits per heavy atom. The standard InChI is InChI=1S/C7H6F3NO5S2/c8-7(9,10)18(14,15)16-17(12,13)5-6-2-1-3-11-4-6/h1-4H,5H2. The van der Waals surface area contributed by atoms with Crippen molar-refractivity contribution in [1.82, 2.24) is 4.98 Å². The summed E-state index contributed by atoms with van der Waals surface area (Å²) < 4.78 is 82.2. The van der Waals surface area contributed by atoms with Crippen LogP contribution in [0.2, 0.25) is 0 Å². The number of aromatic nitrogens is 1. The van der Waals surface area contributed by atoms with Gasteiger partial charge in [-0.1, -0.05) is 6.07 Å². The monoisotopic (exact) mass is 305 g/mol. The van der Waals surface area contributed by atoms with Gasteiger partial charge in [0, 0.05) is 12.4 Å². The number of nitrogens with zero attached hydrogens (tertiary/aromatic N) is 1. The molecular weight excluding hydrogens is 299 g/mol. The molecule has 0 aliphatic heterocycles. The molecule has 0 amide bonds. The first-order valence-corrected chi connectivity index (χ1v) is 7.16. The molecule has 0 aromatic carbocycles. The van der Waals surface area contributed by atoms with Crippen LogP contribution in [0.5, 0.6) is 0 Å². The molecule has 1 rings (SSSR count). The molecule has 0 fully saturated rings. The summed E-state index contributed by atoms with van der Waals surface area (Å²) in [5.41, 5.74) is -5.80. The second kappa shape index (κ2) is 4.82. The van der Waals surface area contributed by atoms with Gasteiger partial charge in [0.05, 0.1) is 0 Å². The van der Waals surface area contributed by atoms with Gasteiger partial charge in [0.2, 0.25) is 0 Å². The van der Waals surface area contributed by atoms with Crippen molar-refractivity contribution in [3.63, 3.8) is 0 Å². The zero-order valence-electron chi connectivity index (χ0n) is 8.46. The predicted molar refractivity (Wildman–Crippen MR) is 52.9 cm³/mol. The Hall–Kier alpha value is -1.20. The first-order valence-electron chi connectivity index (χ1n) is 4.17. The molecule has 0 saturated heterocycles. The van der Waals surface area contributed by atoms with Crippen molar-refractivity contribution < 1.29 is 33.6 Å². The van der Waals surface area contributed by atoms with Gasteiger partial charge in [-0.15, -0.1) is 3.63 Å². The Balaban J connectivity index is 2.92. The topological polar surface area (TPSA) is 90.4 Å². The maximum absolute atomic E-state index is 11.9. The van der Waals surface area contributed by atoms with Crippen LogP contribution in [-0.4, -0.2) is 27.3 Å². The summed E-state index contributed by atoms with van der Waals surface area (Å²) in [5, 5.41) is 0. The first-order chi connectivity index (χ1) is 8.04. The second-order valence-corrected chi connectivity index (χ2v) is 6.35. The second-order valence-electron chi connectivity index (χ2n) is 3.03. The van der Waals surface area contributed by atoms with E-state index in [1.165, 1.54) is 18.3 Å². The molecule has 0 spiro atoms. The zero-order valence-corrected chi connectivity index (χ0v) is 10.1. The van der Waals surface area contributed by atoms with E-state index in [2.05, 4.69) is 8.61 Å². The van der Waals surface area contributed by atoms with E-state index in [4.69, 9.17) is 0 Å². The molecule has 0 atom stereocenters. The van der Waals surface area contributed by atoms with Crippen molar-refractivity contribution in [2.24, 2.45) is 0 Å². The van der Waals surface area contributed by atoms with Crippen molar-refractivity contribution in [3.8, 4) is 0 Å². The fourth-order valence-corrected chi connectivity index (χ4v) is 3.06. The Morgan fingerprint density at radius 3 is 2.28 bits per heavy atom. The zero-order chi connectivity index (χ0) is 14.0. The molecule has 0 aliphatic rings. The predicted octanol–water partition coefficient (Wildman–Crippen LogP) is 0.778. The number of hydrogen-bond acceptors (Lipinski definition) is 6. The van der Waals surface area contributed by atoms with E-state index in [9.17, 15) is 30.0 Å². The van der Waals surface area contributed by atoms with Gasteiger partial charge >= 0.3 is 15.6 Å². The van der Waals surface area contributed by atoms with E-state index in [0.717, 1.165) is 6.20 Å². The van der Waals surface area contributed by atoms with Crippen LogP contribution in [0.25, 0.3) is 0 Å². The summed E-state index contributed by atoms with van der Waals surface area (Å²) >= 11 is 0. The summed E-state index contributed by atoms with van der Waals surface area (Å²) in [6.45, 7) is 0. The maximum Gasteiger partial charge on any atom is 0.524 e. The highest BCUT2D eigenvalue weighted by atomic mass is 32.3. The number of hydrogen-bond donors (Lipinski definition) is 0. The van der Waals surface area contributed by atoms with Crippen LogP contribution in [0.1, 0.15) is 5.56 Å². The van der Waals surface area contributed by atoms with Gasteiger partial charge in [-0.05, 0) is 11.6 Å². The van der Waals surface area contributed by atoms with Gasteiger partial charge in [-0.2, -0.15) is 30.0 Å². The highest BCUT2D eigenvalue weighted by Gasteiger charge is 2.50. The van der Waals surface area contributed by atoms with Crippen molar-refractivity contribution >= 4 is 20.2 Å². The van der Waals surface area contributed by atoms with Gasteiger partial charge in [0.15, 0.2) is 0 Å². The first kappa shape index (κ1) is 14.9. The molecule has 102 valence electrons. The number of pyridine rings is 1. The van der Waals surface area contributed by atoms with Crippen LogP contribution in [0.15, 0.2) is 24.5 Å². The largest absolute Gasteiger partial charge is 0.524 e. The van der Waals surface area contributed by atoms with Crippen LogP contribution in [0.4, 0.5) is 13.2 Å². The Labute approximate surface area is 101 Å². The van der Waals surface area contributed by atoms with E-state index in [0.29, 0.717) is 0 Å². The quantitative estimate of drug-likeness (QED) is 0.763. The lowest BCUT2D eigenvalue weighted by atomic mass is 10.3. The van der Waals surface area contributed by atoms with E-state index < -0.39 is 31.5 Å². The normalized spacial score (nSPS) is 13.5. The molecule has 1 aromatic rings.